The Hall–Kier alpha value is -4.97. The Kier molecular flexibility index (Phi) is 11.4. The van der Waals surface area contributed by atoms with E-state index < -0.39 is 0 Å². The molecule has 1 radical (unpaired) electrons. The predicted molar refractivity (Wildman–Crippen MR) is 218 cm³/mol. The van der Waals surface area contributed by atoms with Crippen LogP contribution in [0.25, 0.3) is 33.5 Å². The molecule has 0 unspecified atom stereocenters. The van der Waals surface area contributed by atoms with E-state index in [9.17, 15) is 0 Å². The maximum Gasteiger partial charge on any atom is 2.00 e. The van der Waals surface area contributed by atoms with Crippen molar-refractivity contribution in [1.29, 1.82) is 0 Å². The van der Waals surface area contributed by atoms with Crippen LogP contribution in [0, 0.1) is 6.67 Å². The van der Waals surface area contributed by atoms with E-state index in [1.807, 2.05) is 60.8 Å². The molecule has 53 heavy (non-hydrogen) atoms. The van der Waals surface area contributed by atoms with Gasteiger partial charge >= 0.3 is 17.1 Å². The van der Waals surface area contributed by atoms with Crippen LogP contribution in [0.15, 0.2) is 115 Å². The molecule has 7 aromatic rings. The van der Waals surface area contributed by atoms with Crippen molar-refractivity contribution in [2.45, 2.75) is 79.1 Å². The molecule has 8 rings (SSSR count). The Morgan fingerprint density at radius 3 is 1.66 bits per heavy atom. The average Bonchev–Trinajstić information content (AvgIpc) is 3.76. The van der Waals surface area contributed by atoms with E-state index in [1.54, 1.807) is 0 Å². The Morgan fingerprint density at radius 1 is 0.528 bits per heavy atom. The van der Waals surface area contributed by atoms with Crippen LogP contribution in [0.3, 0.4) is 0 Å². The van der Waals surface area contributed by atoms with Gasteiger partial charge in [0.1, 0.15) is 5.82 Å². The number of hydrogen-bond donors (Lipinski definition) is 0. The molecule has 0 spiro atoms. The molecule has 7 heteroatoms. The Bertz CT molecular complexity index is 2170. The van der Waals surface area contributed by atoms with Crippen molar-refractivity contribution in [2.24, 2.45) is 0 Å². The van der Waals surface area contributed by atoms with Gasteiger partial charge in [0, 0.05) is 23.0 Å². The summed E-state index contributed by atoms with van der Waals surface area (Å²) < 4.78 is 0. The quantitative estimate of drug-likeness (QED) is 0.119. The monoisotopic (exact) mass is 747 g/mol. The molecule has 6 nitrogen and oxygen atoms in total. The molecule has 3 aromatic heterocycles. The van der Waals surface area contributed by atoms with E-state index in [-0.39, 0.29) is 17.1 Å². The summed E-state index contributed by atoms with van der Waals surface area (Å²) in [6.45, 7) is 20.5. The third-order valence-corrected chi connectivity index (χ3v) is 9.81. The number of pyridine rings is 2. The Morgan fingerprint density at radius 2 is 1.08 bits per heavy atom. The number of rotatable bonds is 7. The van der Waals surface area contributed by atoms with Gasteiger partial charge < -0.3 is 19.8 Å². The molecular formula is C46H48CuN6. The van der Waals surface area contributed by atoms with Crippen LogP contribution >= 0.6 is 0 Å². The van der Waals surface area contributed by atoms with Crippen LogP contribution in [0.5, 0.6) is 0 Å². The first-order valence-electron chi connectivity index (χ1n) is 18.5. The van der Waals surface area contributed by atoms with Gasteiger partial charge in [-0.1, -0.05) is 140 Å². The van der Waals surface area contributed by atoms with Crippen LogP contribution < -0.4 is 14.8 Å². The van der Waals surface area contributed by atoms with Crippen molar-refractivity contribution in [1.82, 2.24) is 19.9 Å². The van der Waals surface area contributed by atoms with Gasteiger partial charge in [-0.25, -0.2) is 9.97 Å². The third kappa shape index (κ3) is 7.46. The standard InChI is InChI=1S/C30H38N3.C16H10N3.Cu/c1-19(2)23-12-9-13-24(20(3)4)28(23)32-18-33(30-27(32)16-11-17-31-30)29-25(21(5)6)14-10-15-26(29)22(7)8;1-2-6-12-11(5-1)9-10-15(17-12)16-18-13-7-3-4-8-14(13)19-16;/h9-22H,1-8H3;1-10H;/q2*-1;+2. The summed E-state index contributed by atoms with van der Waals surface area (Å²) in [5.74, 6) is 3.38. The first-order valence-corrected chi connectivity index (χ1v) is 18.5. The van der Waals surface area contributed by atoms with Gasteiger partial charge in [0.25, 0.3) is 0 Å². The van der Waals surface area contributed by atoms with Gasteiger partial charge in [-0.2, -0.15) is 0 Å². The molecule has 273 valence electrons. The minimum atomic E-state index is 0. The van der Waals surface area contributed by atoms with E-state index in [1.165, 1.54) is 33.6 Å². The maximum absolute atomic E-state index is 4.90. The first-order chi connectivity index (χ1) is 25.1. The van der Waals surface area contributed by atoms with E-state index in [2.05, 4.69) is 141 Å². The van der Waals surface area contributed by atoms with Crippen molar-refractivity contribution in [2.75, 3.05) is 9.80 Å². The normalized spacial score (nSPS) is 12.5. The smallest absolute Gasteiger partial charge is 0.471 e. The number of anilines is 4. The summed E-state index contributed by atoms with van der Waals surface area (Å²) in [6.07, 6.45) is 1.91. The average molecular weight is 748 g/mol. The molecule has 0 saturated heterocycles. The van der Waals surface area contributed by atoms with Crippen molar-refractivity contribution < 1.29 is 17.1 Å². The molecule has 1 aliphatic heterocycles. The minimum Gasteiger partial charge on any atom is -0.471 e. The summed E-state index contributed by atoms with van der Waals surface area (Å²) in [7, 11) is 0. The zero-order valence-corrected chi connectivity index (χ0v) is 32.8. The number of aromatic nitrogens is 4. The summed E-state index contributed by atoms with van der Waals surface area (Å²) in [4.78, 5) is 23.3. The second-order valence-corrected chi connectivity index (χ2v) is 14.8. The van der Waals surface area contributed by atoms with Crippen LogP contribution in [-0.4, -0.2) is 15.0 Å². The van der Waals surface area contributed by atoms with E-state index in [4.69, 9.17) is 4.98 Å². The molecule has 0 N–H and O–H groups in total. The molecule has 4 aromatic carbocycles. The molecule has 0 saturated carbocycles. The Balaban J connectivity index is 0.000000203. The topological polar surface area (TPSA) is 59.3 Å². The first kappa shape index (κ1) is 37.8. The molecular weight excluding hydrogens is 700 g/mol. The molecule has 0 amide bonds. The second-order valence-electron chi connectivity index (χ2n) is 14.8. The number of imidazole rings is 1. The van der Waals surface area contributed by atoms with Gasteiger partial charge in [-0.05, 0) is 87.0 Å². The molecule has 1 aliphatic rings. The second kappa shape index (κ2) is 16.0. The molecule has 0 atom stereocenters. The summed E-state index contributed by atoms with van der Waals surface area (Å²) in [5.41, 5.74) is 12.8. The Labute approximate surface area is 325 Å². The van der Waals surface area contributed by atoms with E-state index in [0.29, 0.717) is 29.5 Å². The van der Waals surface area contributed by atoms with Crippen molar-refractivity contribution >= 4 is 44.8 Å². The van der Waals surface area contributed by atoms with Crippen molar-refractivity contribution in [3.63, 3.8) is 0 Å². The fourth-order valence-corrected chi connectivity index (χ4v) is 7.13. The summed E-state index contributed by atoms with van der Waals surface area (Å²) >= 11 is 0. The fourth-order valence-electron chi connectivity index (χ4n) is 7.13. The molecule has 0 fully saturated rings. The molecule has 0 aliphatic carbocycles. The van der Waals surface area contributed by atoms with Crippen LogP contribution in [-0.2, 0) is 17.1 Å². The SMILES string of the molecule is CC(C)c1cccc(C(C)C)c1N1[CH-]N(c2c(C(C)C)cccc2C(C)C)c2ncccc21.[Cu+2].c1ccc2nc(-c3nc4ccccc4[n-]3)ccc2c1. The molecule has 4 heterocycles. The van der Waals surface area contributed by atoms with Crippen LogP contribution in [0.4, 0.5) is 22.9 Å². The van der Waals surface area contributed by atoms with Gasteiger partial charge in [-0.15, -0.1) is 6.67 Å². The number of nitrogens with zero attached hydrogens (tertiary/aromatic N) is 6. The van der Waals surface area contributed by atoms with Gasteiger partial charge in [-0.3, -0.25) is 0 Å². The van der Waals surface area contributed by atoms with Gasteiger partial charge in [0.05, 0.1) is 16.9 Å². The van der Waals surface area contributed by atoms with Gasteiger partial charge in [0.15, 0.2) is 0 Å². The third-order valence-electron chi connectivity index (χ3n) is 9.81. The number of fused-ring (bicyclic) bond motifs is 3. The van der Waals surface area contributed by atoms with Crippen LogP contribution in [0.2, 0.25) is 0 Å². The summed E-state index contributed by atoms with van der Waals surface area (Å²) in [5, 5.41) is 1.13. The minimum absolute atomic E-state index is 0. The van der Waals surface area contributed by atoms with E-state index >= 15 is 0 Å². The zero-order chi connectivity index (χ0) is 36.5. The number of hydrogen-bond acceptors (Lipinski definition) is 5. The van der Waals surface area contributed by atoms with Crippen molar-refractivity contribution in [3.05, 3.63) is 144 Å². The predicted octanol–water partition coefficient (Wildman–Crippen LogP) is 12.4. The van der Waals surface area contributed by atoms with Gasteiger partial charge in [0.2, 0.25) is 0 Å². The summed E-state index contributed by atoms with van der Waals surface area (Å²) in [6, 6.07) is 37.7. The van der Waals surface area contributed by atoms with Crippen molar-refractivity contribution in [3.8, 4) is 11.5 Å². The zero-order valence-electron chi connectivity index (χ0n) is 31.8. The van der Waals surface area contributed by atoms with Crippen LogP contribution in [0.1, 0.15) is 101 Å². The molecule has 0 bridgehead atoms. The van der Waals surface area contributed by atoms with E-state index in [0.717, 1.165) is 39.1 Å². The maximum atomic E-state index is 4.90. The fraction of sp³-hybridized carbons (Fsp3) is 0.261. The largest absolute Gasteiger partial charge is 2.00 e. The number of benzene rings is 4. The number of para-hydroxylation sites is 5.